The molecule has 0 saturated carbocycles. The van der Waals surface area contributed by atoms with Gasteiger partial charge in [0.05, 0.1) is 11.0 Å². The molecule has 0 bridgehead atoms. The van der Waals surface area contributed by atoms with E-state index < -0.39 is 6.67 Å². The van der Waals surface area contributed by atoms with Crippen LogP contribution in [0.1, 0.15) is 0 Å². The molecule has 0 aliphatic rings. The summed E-state index contributed by atoms with van der Waals surface area (Å²) in [7, 11) is 0. The van der Waals surface area contributed by atoms with Gasteiger partial charge in [0.2, 0.25) is 5.88 Å². The lowest BCUT2D eigenvalue weighted by molar-refractivity contribution is 0.265. The summed E-state index contributed by atoms with van der Waals surface area (Å²) >= 11 is 0. The number of hydrogen-bond acceptors (Lipinski definition) is 3. The number of pyridine rings is 2. The number of aromatic nitrogens is 3. The van der Waals surface area contributed by atoms with E-state index in [1.807, 2.05) is 59.3 Å². The number of rotatable bonds is 4. The molecule has 5 heteroatoms. The van der Waals surface area contributed by atoms with E-state index in [0.717, 1.165) is 27.6 Å². The number of hydrogen-bond donors (Lipinski definition) is 0. The minimum Gasteiger partial charge on any atom is -0.475 e. The zero-order valence-electron chi connectivity index (χ0n) is 12.3. The minimum absolute atomic E-state index is 0.00738. The second kappa shape index (κ2) is 5.68. The molecule has 4 aromatic rings. The molecule has 3 heterocycles. The number of alkyl halides is 1. The fourth-order valence-corrected chi connectivity index (χ4v) is 2.62. The summed E-state index contributed by atoms with van der Waals surface area (Å²) in [5.74, 6) is 1.23. The number of ether oxygens (including phenoxy) is 1. The molecule has 0 amide bonds. The second-order valence-corrected chi connectivity index (χ2v) is 5.17. The van der Waals surface area contributed by atoms with E-state index in [-0.39, 0.29) is 6.61 Å². The Morgan fingerprint density at radius 2 is 1.96 bits per heavy atom. The highest BCUT2D eigenvalue weighted by Crippen LogP contribution is 2.23. The van der Waals surface area contributed by atoms with E-state index in [2.05, 4.69) is 4.98 Å². The minimum atomic E-state index is -0.535. The molecule has 0 saturated heterocycles. The van der Waals surface area contributed by atoms with Crippen molar-refractivity contribution in [1.82, 2.24) is 14.5 Å². The van der Waals surface area contributed by atoms with Crippen LogP contribution < -0.4 is 4.74 Å². The fourth-order valence-electron chi connectivity index (χ4n) is 2.62. The summed E-state index contributed by atoms with van der Waals surface area (Å²) in [5, 5.41) is 2.08. The maximum atomic E-state index is 12.3. The lowest BCUT2D eigenvalue weighted by atomic mass is 10.2. The summed E-state index contributed by atoms with van der Waals surface area (Å²) < 4.78 is 19.5. The van der Waals surface area contributed by atoms with Crippen molar-refractivity contribution in [2.45, 2.75) is 0 Å². The standard InChI is InChI=1S/C18H14FN3O/c19-8-10-23-18-11-16-14(12-20-18)7-9-22(16)17-6-5-13-3-1-2-4-15(13)21-17/h1-7,9,11-12H,8,10H2. The molecule has 1 aromatic carbocycles. The van der Waals surface area contributed by atoms with Crippen LogP contribution in [0.4, 0.5) is 4.39 Å². The molecule has 0 fully saturated rings. The van der Waals surface area contributed by atoms with E-state index in [9.17, 15) is 4.39 Å². The van der Waals surface area contributed by atoms with Gasteiger partial charge < -0.3 is 9.30 Å². The number of fused-ring (bicyclic) bond motifs is 2. The molecule has 0 aliphatic heterocycles. The summed E-state index contributed by atoms with van der Waals surface area (Å²) in [5.41, 5.74) is 1.87. The third-order valence-electron chi connectivity index (χ3n) is 3.71. The van der Waals surface area contributed by atoms with Crippen LogP contribution in [0, 0.1) is 0 Å². The van der Waals surface area contributed by atoms with Crippen LogP contribution in [0.3, 0.4) is 0 Å². The number of nitrogens with zero attached hydrogens (tertiary/aromatic N) is 3. The Morgan fingerprint density at radius 3 is 2.87 bits per heavy atom. The average Bonchev–Trinajstić information content (AvgIpc) is 3.02. The van der Waals surface area contributed by atoms with Gasteiger partial charge in [0.25, 0.3) is 0 Å². The van der Waals surface area contributed by atoms with Crippen LogP contribution >= 0.6 is 0 Å². The van der Waals surface area contributed by atoms with Gasteiger partial charge in [-0.25, -0.2) is 14.4 Å². The molecule has 4 nitrogen and oxygen atoms in total. The smallest absolute Gasteiger partial charge is 0.215 e. The first kappa shape index (κ1) is 13.7. The van der Waals surface area contributed by atoms with Gasteiger partial charge in [-0.1, -0.05) is 18.2 Å². The van der Waals surface area contributed by atoms with Crippen LogP contribution in [0.5, 0.6) is 5.88 Å². The molecule has 4 rings (SSSR count). The van der Waals surface area contributed by atoms with E-state index in [1.165, 1.54) is 0 Å². The largest absolute Gasteiger partial charge is 0.475 e. The van der Waals surface area contributed by atoms with Gasteiger partial charge in [0.15, 0.2) is 0 Å². The van der Waals surface area contributed by atoms with Gasteiger partial charge in [-0.05, 0) is 24.3 Å². The van der Waals surface area contributed by atoms with Crippen LogP contribution in [-0.2, 0) is 0 Å². The first-order valence-corrected chi connectivity index (χ1v) is 7.37. The Labute approximate surface area is 132 Å². The topological polar surface area (TPSA) is 39.9 Å². The Bertz CT molecular complexity index is 980. The van der Waals surface area contributed by atoms with Gasteiger partial charge in [0.1, 0.15) is 19.1 Å². The first-order chi connectivity index (χ1) is 11.3. The summed E-state index contributed by atoms with van der Waals surface area (Å²) in [4.78, 5) is 8.88. The van der Waals surface area contributed by atoms with E-state index >= 15 is 0 Å². The van der Waals surface area contributed by atoms with Gasteiger partial charge in [-0.15, -0.1) is 0 Å². The lowest BCUT2D eigenvalue weighted by Gasteiger charge is -2.07. The molecule has 114 valence electrons. The number of benzene rings is 1. The zero-order valence-corrected chi connectivity index (χ0v) is 12.3. The highest BCUT2D eigenvalue weighted by molar-refractivity contribution is 5.83. The third kappa shape index (κ3) is 2.50. The molecule has 0 unspecified atom stereocenters. The molecule has 3 aromatic heterocycles. The molecule has 0 aliphatic carbocycles. The van der Waals surface area contributed by atoms with Crippen LogP contribution in [-0.4, -0.2) is 27.8 Å². The molecular weight excluding hydrogens is 293 g/mol. The quantitative estimate of drug-likeness (QED) is 0.573. The SMILES string of the molecule is FCCOc1cc2c(ccn2-c2ccc3ccccc3n2)cn1. The predicted molar refractivity (Wildman–Crippen MR) is 87.8 cm³/mol. The van der Waals surface area contributed by atoms with Crippen molar-refractivity contribution in [2.24, 2.45) is 0 Å². The van der Waals surface area contributed by atoms with Crippen molar-refractivity contribution in [3.8, 4) is 11.7 Å². The monoisotopic (exact) mass is 307 g/mol. The molecule has 0 spiro atoms. The van der Waals surface area contributed by atoms with Gasteiger partial charge in [0, 0.05) is 29.2 Å². The maximum Gasteiger partial charge on any atom is 0.215 e. The van der Waals surface area contributed by atoms with E-state index in [4.69, 9.17) is 9.72 Å². The Kier molecular flexibility index (Phi) is 3.38. The molecule has 0 atom stereocenters. The van der Waals surface area contributed by atoms with Crippen molar-refractivity contribution in [1.29, 1.82) is 0 Å². The summed E-state index contributed by atoms with van der Waals surface area (Å²) in [6.07, 6.45) is 3.67. The van der Waals surface area contributed by atoms with Crippen LogP contribution in [0.25, 0.3) is 27.6 Å². The second-order valence-electron chi connectivity index (χ2n) is 5.17. The Balaban J connectivity index is 1.82. The lowest BCUT2D eigenvalue weighted by Crippen LogP contribution is -2.01. The molecular formula is C18H14FN3O. The first-order valence-electron chi connectivity index (χ1n) is 7.37. The summed E-state index contributed by atoms with van der Waals surface area (Å²) in [6, 6.07) is 15.8. The van der Waals surface area contributed by atoms with Crippen LogP contribution in [0.15, 0.2) is 60.9 Å². The number of para-hydroxylation sites is 1. The fraction of sp³-hybridized carbons (Fsp3) is 0.111. The summed E-state index contributed by atoms with van der Waals surface area (Å²) in [6.45, 7) is -0.527. The normalized spacial score (nSPS) is 11.2. The maximum absolute atomic E-state index is 12.3. The van der Waals surface area contributed by atoms with Crippen molar-refractivity contribution in [3.05, 3.63) is 60.9 Å². The Hall–Kier alpha value is -2.95. The highest BCUT2D eigenvalue weighted by Gasteiger charge is 2.07. The van der Waals surface area contributed by atoms with Crippen molar-refractivity contribution in [2.75, 3.05) is 13.3 Å². The Morgan fingerprint density at radius 1 is 1.04 bits per heavy atom. The van der Waals surface area contributed by atoms with Crippen molar-refractivity contribution < 1.29 is 9.13 Å². The van der Waals surface area contributed by atoms with Gasteiger partial charge >= 0.3 is 0 Å². The van der Waals surface area contributed by atoms with Crippen molar-refractivity contribution >= 4 is 21.8 Å². The third-order valence-corrected chi connectivity index (χ3v) is 3.71. The molecule has 0 N–H and O–H groups in total. The zero-order chi connectivity index (χ0) is 15.6. The van der Waals surface area contributed by atoms with E-state index in [0.29, 0.717) is 5.88 Å². The molecule has 0 radical (unpaired) electrons. The van der Waals surface area contributed by atoms with Gasteiger partial charge in [-0.2, -0.15) is 0 Å². The van der Waals surface area contributed by atoms with Crippen molar-refractivity contribution in [3.63, 3.8) is 0 Å². The number of halogens is 1. The van der Waals surface area contributed by atoms with Crippen LogP contribution in [0.2, 0.25) is 0 Å². The molecule has 23 heavy (non-hydrogen) atoms. The average molecular weight is 307 g/mol. The predicted octanol–water partition coefficient (Wildman–Crippen LogP) is 3.92. The highest BCUT2D eigenvalue weighted by atomic mass is 19.1. The van der Waals surface area contributed by atoms with E-state index in [1.54, 1.807) is 6.20 Å². The van der Waals surface area contributed by atoms with Gasteiger partial charge in [-0.3, -0.25) is 0 Å².